The smallest absolute Gasteiger partial charge is 0.0544 e. The molecule has 2 rings (SSSR count). The second-order valence-electron chi connectivity index (χ2n) is 4.68. The molecule has 1 heterocycles. The molecule has 1 aromatic rings. The lowest BCUT2D eigenvalue weighted by atomic mass is 10.2. The van der Waals surface area contributed by atoms with Crippen molar-refractivity contribution < 1.29 is 0 Å². The van der Waals surface area contributed by atoms with Crippen LogP contribution in [-0.2, 0) is 6.54 Å². The van der Waals surface area contributed by atoms with Crippen molar-refractivity contribution in [3.05, 3.63) is 29.6 Å². The van der Waals surface area contributed by atoms with Crippen LogP contribution in [0.25, 0.3) is 0 Å². The van der Waals surface area contributed by atoms with E-state index in [0.717, 1.165) is 23.2 Å². The first-order chi connectivity index (χ1) is 8.29. The van der Waals surface area contributed by atoms with E-state index in [9.17, 15) is 0 Å². The number of thioether (sulfide) groups is 1. The topological polar surface area (TPSA) is 24.9 Å². The zero-order valence-electron chi connectivity index (χ0n) is 10.8. The fourth-order valence-electron chi connectivity index (χ4n) is 2.51. The molecule has 94 valence electrons. The monoisotopic (exact) mass is 250 g/mol. The third-order valence-corrected chi connectivity index (χ3v) is 4.65. The molecule has 1 aliphatic carbocycles. The normalized spacial score (nSPS) is 24.1. The molecule has 0 aliphatic heterocycles. The maximum absolute atomic E-state index is 4.54. The molecule has 0 radical (unpaired) electrons. The zero-order chi connectivity index (χ0) is 12.1. The van der Waals surface area contributed by atoms with Crippen LogP contribution >= 0.6 is 11.8 Å². The molecule has 2 nitrogen and oxygen atoms in total. The summed E-state index contributed by atoms with van der Waals surface area (Å²) >= 11 is 2.10. The van der Waals surface area contributed by atoms with Gasteiger partial charge in [-0.15, -0.1) is 0 Å². The van der Waals surface area contributed by atoms with E-state index in [1.54, 1.807) is 0 Å². The molecule has 1 aliphatic rings. The first-order valence-corrected chi connectivity index (χ1v) is 7.62. The van der Waals surface area contributed by atoms with E-state index < -0.39 is 0 Å². The third-order valence-electron chi connectivity index (χ3n) is 3.32. The summed E-state index contributed by atoms with van der Waals surface area (Å²) in [5, 5.41) is 4.49. The number of hydrogen-bond acceptors (Lipinski definition) is 3. The summed E-state index contributed by atoms with van der Waals surface area (Å²) in [6.45, 7) is 5.21. The van der Waals surface area contributed by atoms with Crippen LogP contribution in [0.15, 0.2) is 18.2 Å². The van der Waals surface area contributed by atoms with E-state index in [1.807, 2.05) is 0 Å². The van der Waals surface area contributed by atoms with Crippen molar-refractivity contribution in [1.82, 2.24) is 10.3 Å². The maximum Gasteiger partial charge on any atom is 0.0544 e. The van der Waals surface area contributed by atoms with E-state index in [2.05, 4.69) is 54.1 Å². The molecular formula is C14H22N2S. The Kier molecular flexibility index (Phi) is 4.86. The fraction of sp³-hybridized carbons (Fsp3) is 0.643. The Bertz CT molecular complexity index is 354. The zero-order valence-corrected chi connectivity index (χ0v) is 11.6. The number of pyridine rings is 1. The Morgan fingerprint density at radius 2 is 2.29 bits per heavy atom. The summed E-state index contributed by atoms with van der Waals surface area (Å²) in [5.74, 6) is 1.23. The largest absolute Gasteiger partial charge is 0.307 e. The Hall–Kier alpha value is -0.540. The second-order valence-corrected chi connectivity index (χ2v) is 6.20. The predicted octanol–water partition coefficient (Wildman–Crippen LogP) is 3.15. The van der Waals surface area contributed by atoms with Crippen LogP contribution in [-0.4, -0.2) is 22.0 Å². The average molecular weight is 250 g/mol. The fourth-order valence-corrected chi connectivity index (χ4v) is 3.73. The van der Waals surface area contributed by atoms with E-state index in [-0.39, 0.29) is 0 Å². The minimum atomic E-state index is 0.683. The SMILES string of the molecule is CCSC1CCCC1NCc1cccc(C)n1. The van der Waals surface area contributed by atoms with E-state index in [0.29, 0.717) is 6.04 Å². The van der Waals surface area contributed by atoms with Gasteiger partial charge in [-0.2, -0.15) is 11.8 Å². The molecule has 1 aromatic heterocycles. The first-order valence-electron chi connectivity index (χ1n) is 6.57. The molecule has 0 saturated heterocycles. The van der Waals surface area contributed by atoms with Crippen molar-refractivity contribution in [1.29, 1.82) is 0 Å². The Morgan fingerprint density at radius 3 is 3.06 bits per heavy atom. The van der Waals surface area contributed by atoms with E-state index in [4.69, 9.17) is 0 Å². The predicted molar refractivity (Wildman–Crippen MR) is 75.4 cm³/mol. The number of aryl methyl sites for hydroxylation is 1. The standard InChI is InChI=1S/C14H22N2S/c1-3-17-14-9-5-8-13(14)15-10-12-7-4-6-11(2)16-12/h4,6-7,13-15H,3,5,8-10H2,1-2H3. The van der Waals surface area contributed by atoms with E-state index in [1.165, 1.54) is 25.0 Å². The first kappa shape index (κ1) is 12.9. The molecule has 0 amide bonds. The van der Waals surface area contributed by atoms with Gasteiger partial charge in [0, 0.05) is 23.5 Å². The van der Waals surface area contributed by atoms with Gasteiger partial charge >= 0.3 is 0 Å². The van der Waals surface area contributed by atoms with Crippen LogP contribution in [0, 0.1) is 6.92 Å². The van der Waals surface area contributed by atoms with Gasteiger partial charge < -0.3 is 5.32 Å². The third kappa shape index (κ3) is 3.71. The Morgan fingerprint density at radius 1 is 1.41 bits per heavy atom. The van der Waals surface area contributed by atoms with Gasteiger partial charge in [0.2, 0.25) is 0 Å². The number of hydrogen-bond donors (Lipinski definition) is 1. The molecule has 0 spiro atoms. The molecule has 3 heteroatoms. The highest BCUT2D eigenvalue weighted by Crippen LogP contribution is 2.29. The van der Waals surface area contributed by atoms with Crippen LogP contribution in [0.4, 0.5) is 0 Å². The quantitative estimate of drug-likeness (QED) is 0.869. The lowest BCUT2D eigenvalue weighted by Gasteiger charge is -2.20. The van der Waals surface area contributed by atoms with Crippen molar-refractivity contribution >= 4 is 11.8 Å². The van der Waals surface area contributed by atoms with Gasteiger partial charge in [-0.05, 0) is 37.7 Å². The minimum absolute atomic E-state index is 0.683. The summed E-state index contributed by atoms with van der Waals surface area (Å²) in [6.07, 6.45) is 4.07. The van der Waals surface area contributed by atoms with Crippen LogP contribution in [0.5, 0.6) is 0 Å². The molecule has 0 aromatic carbocycles. The van der Waals surface area contributed by atoms with Crippen molar-refractivity contribution in [3.63, 3.8) is 0 Å². The molecule has 1 fully saturated rings. The van der Waals surface area contributed by atoms with Crippen LogP contribution in [0.2, 0.25) is 0 Å². The number of nitrogens with one attached hydrogen (secondary N) is 1. The molecule has 1 saturated carbocycles. The highest BCUT2D eigenvalue weighted by molar-refractivity contribution is 7.99. The summed E-state index contributed by atoms with van der Waals surface area (Å²) in [6, 6.07) is 6.93. The van der Waals surface area contributed by atoms with Gasteiger partial charge in [0.25, 0.3) is 0 Å². The van der Waals surface area contributed by atoms with Crippen molar-refractivity contribution in [2.24, 2.45) is 0 Å². The minimum Gasteiger partial charge on any atom is -0.307 e. The van der Waals surface area contributed by atoms with Crippen molar-refractivity contribution in [3.8, 4) is 0 Å². The van der Waals surface area contributed by atoms with E-state index >= 15 is 0 Å². The second kappa shape index (κ2) is 6.41. The van der Waals surface area contributed by atoms with Gasteiger partial charge in [0.1, 0.15) is 0 Å². The highest BCUT2D eigenvalue weighted by Gasteiger charge is 2.26. The molecule has 2 atom stereocenters. The van der Waals surface area contributed by atoms with Gasteiger partial charge in [-0.1, -0.05) is 19.4 Å². The summed E-state index contributed by atoms with van der Waals surface area (Å²) < 4.78 is 0. The molecule has 0 bridgehead atoms. The van der Waals surface area contributed by atoms with Crippen molar-refractivity contribution in [2.75, 3.05) is 5.75 Å². The lowest BCUT2D eigenvalue weighted by molar-refractivity contribution is 0.526. The van der Waals surface area contributed by atoms with Crippen LogP contribution in [0.3, 0.4) is 0 Å². The lowest BCUT2D eigenvalue weighted by Crippen LogP contribution is -2.34. The molecule has 1 N–H and O–H groups in total. The number of aromatic nitrogens is 1. The van der Waals surface area contributed by atoms with Gasteiger partial charge in [-0.3, -0.25) is 4.98 Å². The van der Waals surface area contributed by atoms with Crippen LogP contribution < -0.4 is 5.32 Å². The summed E-state index contributed by atoms with van der Waals surface area (Å²) in [4.78, 5) is 4.54. The molecular weight excluding hydrogens is 228 g/mol. The van der Waals surface area contributed by atoms with Gasteiger partial charge in [-0.25, -0.2) is 0 Å². The van der Waals surface area contributed by atoms with Gasteiger partial charge in [0.15, 0.2) is 0 Å². The van der Waals surface area contributed by atoms with Gasteiger partial charge in [0.05, 0.1) is 5.69 Å². The summed E-state index contributed by atoms with van der Waals surface area (Å²) in [7, 11) is 0. The Labute approximate surface area is 109 Å². The molecule has 2 unspecified atom stereocenters. The maximum atomic E-state index is 4.54. The molecule has 17 heavy (non-hydrogen) atoms. The Balaban J connectivity index is 1.85. The number of nitrogens with zero attached hydrogens (tertiary/aromatic N) is 1. The highest BCUT2D eigenvalue weighted by atomic mass is 32.2. The van der Waals surface area contributed by atoms with Crippen LogP contribution in [0.1, 0.15) is 37.6 Å². The van der Waals surface area contributed by atoms with Crippen molar-refractivity contribution in [2.45, 2.75) is 50.9 Å². The summed E-state index contributed by atoms with van der Waals surface area (Å²) in [5.41, 5.74) is 2.27. The number of rotatable bonds is 5. The average Bonchev–Trinajstić information content (AvgIpc) is 2.75.